The molecule has 4 nitrogen and oxygen atoms in total. The van der Waals surface area contributed by atoms with Gasteiger partial charge in [0.1, 0.15) is 0 Å². The topological polar surface area (TPSA) is 35.6 Å². The van der Waals surface area contributed by atoms with E-state index in [1.165, 1.54) is 12.1 Å². The van der Waals surface area contributed by atoms with Gasteiger partial charge in [-0.15, -0.1) is 6.58 Å². The van der Waals surface area contributed by atoms with Crippen LogP contribution in [0, 0.1) is 0 Å². The Kier molecular flexibility index (Phi) is 13.0. The lowest BCUT2D eigenvalue weighted by Gasteiger charge is -2.33. The number of halogens is 3. The second kappa shape index (κ2) is 14.0. The van der Waals surface area contributed by atoms with Crippen molar-refractivity contribution in [3.8, 4) is 0 Å². The van der Waals surface area contributed by atoms with Gasteiger partial charge in [0, 0.05) is 51.9 Å². The maximum absolute atomic E-state index is 11.9. The molecule has 1 heterocycles. The van der Waals surface area contributed by atoms with Crippen LogP contribution in [0.3, 0.4) is 0 Å². The minimum atomic E-state index is -4.12. The summed E-state index contributed by atoms with van der Waals surface area (Å²) in [6.07, 6.45) is -2.45. The minimum Gasteiger partial charge on any atom is -0.388 e. The van der Waals surface area contributed by atoms with Crippen molar-refractivity contribution in [1.82, 2.24) is 9.80 Å². The quantitative estimate of drug-likeness (QED) is 0.734. The summed E-state index contributed by atoms with van der Waals surface area (Å²) in [6.45, 7) is 14.3. The Hall–Kier alpha value is -2.02. The Balaban J connectivity index is 0.000000478. The first-order valence-electron chi connectivity index (χ1n) is 9.73. The van der Waals surface area contributed by atoms with Gasteiger partial charge in [-0.1, -0.05) is 39.0 Å². The lowest BCUT2D eigenvalue weighted by atomic mass is 10.1. The molecule has 0 unspecified atom stereocenters. The van der Waals surface area contributed by atoms with E-state index in [2.05, 4.69) is 16.8 Å². The van der Waals surface area contributed by atoms with E-state index in [0.29, 0.717) is 6.42 Å². The maximum atomic E-state index is 11.9. The van der Waals surface area contributed by atoms with Gasteiger partial charge in [-0.25, -0.2) is 0 Å². The zero-order valence-corrected chi connectivity index (χ0v) is 17.5. The number of anilines is 1. The van der Waals surface area contributed by atoms with Gasteiger partial charge in [-0.3, -0.25) is 9.69 Å². The zero-order chi connectivity index (χ0) is 21.6. The summed E-state index contributed by atoms with van der Waals surface area (Å²) in [6, 6.07) is 6.20. The number of rotatable bonds is 5. The fourth-order valence-electron chi connectivity index (χ4n) is 2.61. The van der Waals surface area contributed by atoms with Crippen molar-refractivity contribution in [2.24, 2.45) is 0 Å². The van der Waals surface area contributed by atoms with Crippen molar-refractivity contribution in [1.29, 1.82) is 0 Å². The normalized spacial score (nSPS) is 14.2. The molecule has 1 aliphatic rings. The fourth-order valence-corrected chi connectivity index (χ4v) is 2.61. The van der Waals surface area contributed by atoms with E-state index >= 15 is 0 Å². The number of amides is 1. The predicted molar refractivity (Wildman–Crippen MR) is 111 cm³/mol. The lowest BCUT2D eigenvalue weighted by molar-refractivity contribution is -0.132. The standard InChI is InChI=1S/C10H18N2O.C9H10F3N.C2H6/c1-3-5-11-6-8-12(9-7-11)10(13)4-2;1-13-8-4-2-7(3-5-8)6-9(10,11)12;1-2/h3H,1,4-9H2,2H3;2-5,13H,6H2,1H3;1-2H3. The second-order valence-electron chi connectivity index (χ2n) is 6.06. The molecule has 0 bridgehead atoms. The number of carbonyl (C=O) groups excluding carboxylic acids is 1. The average molecular weight is 402 g/mol. The monoisotopic (exact) mass is 401 g/mol. The molecule has 0 atom stereocenters. The highest BCUT2D eigenvalue weighted by Gasteiger charge is 2.27. The minimum absolute atomic E-state index is 0.276. The SMILES string of the molecule is C=CCN1CCN(C(=O)CC)CC1.CC.CNc1ccc(CC(F)(F)F)cc1. The van der Waals surface area contributed by atoms with Crippen molar-refractivity contribution in [2.45, 2.75) is 39.8 Å². The number of nitrogens with zero attached hydrogens (tertiary/aromatic N) is 2. The van der Waals surface area contributed by atoms with Crippen molar-refractivity contribution in [2.75, 3.05) is 45.1 Å². The summed E-state index contributed by atoms with van der Waals surface area (Å²) in [5.74, 6) is 0.276. The predicted octanol–water partition coefficient (Wildman–Crippen LogP) is 4.59. The summed E-state index contributed by atoms with van der Waals surface area (Å²) < 4.78 is 35.7. The lowest BCUT2D eigenvalue weighted by Crippen LogP contribution is -2.48. The van der Waals surface area contributed by atoms with E-state index in [4.69, 9.17) is 0 Å². The molecule has 28 heavy (non-hydrogen) atoms. The van der Waals surface area contributed by atoms with E-state index in [-0.39, 0.29) is 11.5 Å². The average Bonchev–Trinajstić information content (AvgIpc) is 2.70. The van der Waals surface area contributed by atoms with Crippen LogP contribution in [-0.4, -0.2) is 61.7 Å². The number of benzene rings is 1. The molecule has 0 saturated carbocycles. The third kappa shape index (κ3) is 11.0. The van der Waals surface area contributed by atoms with Crippen LogP contribution in [0.4, 0.5) is 18.9 Å². The molecular formula is C21H34F3N3O. The highest BCUT2D eigenvalue weighted by molar-refractivity contribution is 5.75. The molecule has 0 radical (unpaired) electrons. The van der Waals surface area contributed by atoms with Crippen molar-refractivity contribution >= 4 is 11.6 Å². The van der Waals surface area contributed by atoms with Crippen LogP contribution in [0.15, 0.2) is 36.9 Å². The van der Waals surface area contributed by atoms with Gasteiger partial charge in [0.25, 0.3) is 0 Å². The van der Waals surface area contributed by atoms with E-state index in [0.717, 1.165) is 38.4 Å². The van der Waals surface area contributed by atoms with Gasteiger partial charge in [0.05, 0.1) is 6.42 Å². The smallest absolute Gasteiger partial charge is 0.388 e. The number of hydrogen-bond acceptors (Lipinski definition) is 3. The third-order valence-electron chi connectivity index (χ3n) is 4.06. The fraction of sp³-hybridized carbons (Fsp3) is 0.571. The molecule has 1 amide bonds. The summed E-state index contributed by atoms with van der Waals surface area (Å²) in [5.41, 5.74) is 1.09. The second-order valence-corrected chi connectivity index (χ2v) is 6.06. The molecule has 1 aromatic rings. The van der Waals surface area contributed by atoms with Crippen molar-refractivity contribution in [3.05, 3.63) is 42.5 Å². The van der Waals surface area contributed by atoms with Gasteiger partial charge in [0.2, 0.25) is 5.91 Å². The largest absolute Gasteiger partial charge is 0.393 e. The van der Waals surface area contributed by atoms with Crippen LogP contribution >= 0.6 is 0 Å². The Morgan fingerprint density at radius 1 is 1.14 bits per heavy atom. The first-order valence-corrected chi connectivity index (χ1v) is 9.73. The molecule has 1 aromatic carbocycles. The highest BCUT2D eigenvalue weighted by atomic mass is 19.4. The first-order chi connectivity index (χ1) is 13.3. The zero-order valence-electron chi connectivity index (χ0n) is 17.5. The van der Waals surface area contributed by atoms with Gasteiger partial charge < -0.3 is 10.2 Å². The summed E-state index contributed by atoms with van der Waals surface area (Å²) in [5, 5.41) is 2.84. The van der Waals surface area contributed by atoms with Gasteiger partial charge in [0.15, 0.2) is 0 Å². The molecule has 2 rings (SSSR count). The van der Waals surface area contributed by atoms with Gasteiger partial charge in [-0.2, -0.15) is 13.2 Å². The number of hydrogen-bond donors (Lipinski definition) is 1. The summed E-state index contributed by atoms with van der Waals surface area (Å²) in [4.78, 5) is 15.6. The Labute approximate surface area is 167 Å². The molecular weight excluding hydrogens is 367 g/mol. The van der Waals surface area contributed by atoms with Crippen LogP contribution in [0.5, 0.6) is 0 Å². The van der Waals surface area contributed by atoms with E-state index in [1.807, 2.05) is 31.7 Å². The number of carbonyl (C=O) groups is 1. The van der Waals surface area contributed by atoms with Crippen LogP contribution in [0.2, 0.25) is 0 Å². The van der Waals surface area contributed by atoms with Crippen molar-refractivity contribution in [3.63, 3.8) is 0 Å². The molecule has 160 valence electrons. The summed E-state index contributed by atoms with van der Waals surface area (Å²) in [7, 11) is 1.72. The highest BCUT2D eigenvalue weighted by Crippen LogP contribution is 2.21. The van der Waals surface area contributed by atoms with Crippen LogP contribution in [-0.2, 0) is 11.2 Å². The van der Waals surface area contributed by atoms with Crippen LogP contribution in [0.25, 0.3) is 0 Å². The molecule has 0 spiro atoms. The van der Waals surface area contributed by atoms with E-state index < -0.39 is 12.6 Å². The number of nitrogens with one attached hydrogen (secondary N) is 1. The number of alkyl halides is 3. The van der Waals surface area contributed by atoms with Gasteiger partial charge >= 0.3 is 6.18 Å². The number of piperazine rings is 1. The van der Waals surface area contributed by atoms with E-state index in [1.54, 1.807) is 19.2 Å². The van der Waals surface area contributed by atoms with Crippen LogP contribution < -0.4 is 5.32 Å². The molecule has 1 N–H and O–H groups in total. The third-order valence-corrected chi connectivity index (χ3v) is 4.06. The molecule has 1 saturated heterocycles. The Morgan fingerprint density at radius 3 is 2.07 bits per heavy atom. The molecule has 1 fully saturated rings. The van der Waals surface area contributed by atoms with E-state index in [9.17, 15) is 18.0 Å². The molecule has 0 aliphatic carbocycles. The van der Waals surface area contributed by atoms with Crippen molar-refractivity contribution < 1.29 is 18.0 Å². The molecule has 7 heteroatoms. The van der Waals surface area contributed by atoms with Gasteiger partial charge in [-0.05, 0) is 17.7 Å². The molecule has 1 aliphatic heterocycles. The Bertz CT molecular complexity index is 551. The maximum Gasteiger partial charge on any atom is 0.393 e. The first kappa shape index (κ1) is 26.0. The Morgan fingerprint density at radius 2 is 1.68 bits per heavy atom. The van der Waals surface area contributed by atoms with Crippen LogP contribution in [0.1, 0.15) is 32.8 Å². The molecule has 0 aromatic heterocycles. The summed E-state index contributed by atoms with van der Waals surface area (Å²) >= 11 is 0.